The van der Waals surface area contributed by atoms with Crippen LogP contribution < -0.4 is 0 Å². The number of benzene rings is 1. The van der Waals surface area contributed by atoms with Crippen LogP contribution in [0.1, 0.15) is 12.0 Å². The van der Waals surface area contributed by atoms with Gasteiger partial charge in [0.1, 0.15) is 5.76 Å². The first kappa shape index (κ1) is 15.8. The van der Waals surface area contributed by atoms with Crippen molar-refractivity contribution in [1.82, 2.24) is 4.90 Å². The predicted octanol–water partition coefficient (Wildman–Crippen LogP) is 2.64. The van der Waals surface area contributed by atoms with Crippen LogP contribution in [0.4, 0.5) is 13.2 Å². The standard InChI is InChI=1S/C13H14F3NO3S/c14-13(15,16)21(18,19)20-12-6-8-17(9-7-12)10-11-4-2-1-3-5-11/h1-6H,7-10H2. The second-order valence-electron chi connectivity index (χ2n) is 4.62. The van der Waals surface area contributed by atoms with E-state index in [4.69, 9.17) is 0 Å². The lowest BCUT2D eigenvalue weighted by Crippen LogP contribution is -2.31. The molecule has 0 bridgehead atoms. The van der Waals surface area contributed by atoms with Crippen molar-refractivity contribution >= 4 is 10.1 Å². The number of alkyl halides is 3. The third kappa shape index (κ3) is 4.21. The van der Waals surface area contributed by atoms with Gasteiger partial charge in [-0.05, 0) is 11.6 Å². The van der Waals surface area contributed by atoms with Gasteiger partial charge in [-0.1, -0.05) is 30.3 Å². The van der Waals surface area contributed by atoms with Gasteiger partial charge in [0.15, 0.2) is 0 Å². The molecule has 1 aromatic carbocycles. The molecule has 0 radical (unpaired) electrons. The molecule has 0 aliphatic carbocycles. The van der Waals surface area contributed by atoms with Crippen LogP contribution in [0.3, 0.4) is 0 Å². The molecule has 0 saturated carbocycles. The molecule has 1 aromatic rings. The van der Waals surface area contributed by atoms with Gasteiger partial charge < -0.3 is 4.18 Å². The first-order valence-electron chi connectivity index (χ1n) is 6.24. The molecule has 1 aliphatic heterocycles. The topological polar surface area (TPSA) is 46.6 Å². The van der Waals surface area contributed by atoms with Gasteiger partial charge >= 0.3 is 15.6 Å². The monoisotopic (exact) mass is 321 g/mol. The summed E-state index contributed by atoms with van der Waals surface area (Å²) in [6, 6.07) is 9.60. The fraction of sp³-hybridized carbons (Fsp3) is 0.385. The molecule has 0 atom stereocenters. The van der Waals surface area contributed by atoms with E-state index in [0.717, 1.165) is 5.56 Å². The second-order valence-corrected chi connectivity index (χ2v) is 6.16. The van der Waals surface area contributed by atoms with Crippen LogP contribution in [-0.2, 0) is 20.8 Å². The third-order valence-corrected chi connectivity index (χ3v) is 4.00. The van der Waals surface area contributed by atoms with Crippen molar-refractivity contribution in [3.63, 3.8) is 0 Å². The molecule has 0 saturated heterocycles. The smallest absolute Gasteiger partial charge is 0.381 e. The van der Waals surface area contributed by atoms with Crippen LogP contribution in [0.25, 0.3) is 0 Å². The first-order chi connectivity index (χ1) is 9.78. The second kappa shape index (κ2) is 6.07. The Balaban J connectivity index is 1.94. The molecule has 116 valence electrons. The van der Waals surface area contributed by atoms with E-state index in [1.54, 1.807) is 0 Å². The van der Waals surface area contributed by atoms with Crippen molar-refractivity contribution < 1.29 is 25.8 Å². The molecule has 21 heavy (non-hydrogen) atoms. The van der Waals surface area contributed by atoms with Crippen LogP contribution in [0.15, 0.2) is 42.2 Å². The molecule has 4 nitrogen and oxygen atoms in total. The average Bonchev–Trinajstić information content (AvgIpc) is 2.41. The number of nitrogens with zero attached hydrogens (tertiary/aromatic N) is 1. The fourth-order valence-corrected chi connectivity index (χ4v) is 2.47. The minimum atomic E-state index is -5.56. The van der Waals surface area contributed by atoms with Crippen LogP contribution in [0.2, 0.25) is 0 Å². The van der Waals surface area contributed by atoms with Crippen LogP contribution in [0.5, 0.6) is 0 Å². The molecule has 8 heteroatoms. The number of hydrogen-bond donors (Lipinski definition) is 0. The van der Waals surface area contributed by atoms with Crippen molar-refractivity contribution in [2.45, 2.75) is 18.5 Å². The van der Waals surface area contributed by atoms with E-state index in [2.05, 4.69) is 4.18 Å². The molecule has 0 amide bonds. The van der Waals surface area contributed by atoms with Crippen molar-refractivity contribution in [3.8, 4) is 0 Å². The highest BCUT2D eigenvalue weighted by Crippen LogP contribution is 2.28. The van der Waals surface area contributed by atoms with E-state index >= 15 is 0 Å². The largest absolute Gasteiger partial charge is 0.534 e. The Morgan fingerprint density at radius 2 is 1.86 bits per heavy atom. The van der Waals surface area contributed by atoms with Gasteiger partial charge in [0, 0.05) is 26.1 Å². The summed E-state index contributed by atoms with van der Waals surface area (Å²) in [5.41, 5.74) is -4.31. The van der Waals surface area contributed by atoms with Crippen molar-refractivity contribution in [3.05, 3.63) is 47.7 Å². The normalized spacial score (nSPS) is 17.4. The SMILES string of the molecule is O=S(=O)(OC1=CCN(Cc2ccccc2)CC1)C(F)(F)F. The summed E-state index contributed by atoms with van der Waals surface area (Å²) in [4.78, 5) is 1.99. The van der Waals surface area contributed by atoms with Gasteiger partial charge in [0.2, 0.25) is 0 Å². The Kier molecular flexibility index (Phi) is 4.58. The van der Waals surface area contributed by atoms with Gasteiger partial charge in [0.25, 0.3) is 0 Å². The van der Waals surface area contributed by atoms with Crippen molar-refractivity contribution in [2.75, 3.05) is 13.1 Å². The Morgan fingerprint density at radius 3 is 2.38 bits per heavy atom. The van der Waals surface area contributed by atoms with Crippen LogP contribution >= 0.6 is 0 Å². The molecule has 0 unspecified atom stereocenters. The zero-order chi connectivity index (χ0) is 15.5. The number of halogens is 3. The van der Waals surface area contributed by atoms with E-state index in [-0.39, 0.29) is 12.2 Å². The van der Waals surface area contributed by atoms with E-state index in [9.17, 15) is 21.6 Å². The van der Waals surface area contributed by atoms with Crippen LogP contribution in [0, 0.1) is 0 Å². The lowest BCUT2D eigenvalue weighted by molar-refractivity contribution is -0.0525. The third-order valence-electron chi connectivity index (χ3n) is 3.00. The lowest BCUT2D eigenvalue weighted by atomic mass is 10.1. The summed E-state index contributed by atoms with van der Waals surface area (Å²) in [5, 5.41) is 0. The minimum absolute atomic E-state index is 0.127. The zero-order valence-corrected chi connectivity index (χ0v) is 11.8. The predicted molar refractivity (Wildman–Crippen MR) is 70.5 cm³/mol. The summed E-state index contributed by atoms with van der Waals surface area (Å²) in [7, 11) is -5.56. The average molecular weight is 321 g/mol. The summed E-state index contributed by atoms with van der Waals surface area (Å²) >= 11 is 0. The van der Waals surface area contributed by atoms with Crippen LogP contribution in [-0.4, -0.2) is 31.9 Å². The maximum Gasteiger partial charge on any atom is 0.534 e. The van der Waals surface area contributed by atoms with Gasteiger partial charge in [0.05, 0.1) is 0 Å². The Morgan fingerprint density at radius 1 is 1.19 bits per heavy atom. The maximum absolute atomic E-state index is 12.2. The summed E-state index contributed by atoms with van der Waals surface area (Å²) in [6.07, 6.45) is 1.50. The Bertz CT molecular complexity index is 611. The van der Waals surface area contributed by atoms with Crippen molar-refractivity contribution in [1.29, 1.82) is 0 Å². The quantitative estimate of drug-likeness (QED) is 0.632. The highest BCUT2D eigenvalue weighted by molar-refractivity contribution is 7.87. The van der Waals surface area contributed by atoms with E-state index in [1.807, 2.05) is 35.2 Å². The highest BCUT2D eigenvalue weighted by Gasteiger charge is 2.48. The molecular weight excluding hydrogens is 307 g/mol. The highest BCUT2D eigenvalue weighted by atomic mass is 32.2. The molecule has 0 aromatic heterocycles. The lowest BCUT2D eigenvalue weighted by Gasteiger charge is -2.26. The fourth-order valence-electron chi connectivity index (χ4n) is 1.94. The van der Waals surface area contributed by atoms with Crippen molar-refractivity contribution in [2.24, 2.45) is 0 Å². The maximum atomic E-state index is 12.2. The minimum Gasteiger partial charge on any atom is -0.381 e. The van der Waals surface area contributed by atoms with Gasteiger partial charge in [-0.3, -0.25) is 4.90 Å². The molecule has 0 fully saturated rings. The summed E-state index contributed by atoms with van der Waals surface area (Å²) < 4.78 is 62.5. The zero-order valence-electron chi connectivity index (χ0n) is 11.0. The molecule has 0 N–H and O–H groups in total. The Labute approximate surface area is 120 Å². The number of rotatable bonds is 4. The Hall–Kier alpha value is -1.54. The molecule has 0 spiro atoms. The van der Waals surface area contributed by atoms with E-state index < -0.39 is 15.6 Å². The molecule has 1 aliphatic rings. The molecule has 2 rings (SSSR count). The van der Waals surface area contributed by atoms with E-state index in [1.165, 1.54) is 6.08 Å². The molecule has 1 heterocycles. The molecular formula is C13H14F3NO3S. The van der Waals surface area contributed by atoms with E-state index in [0.29, 0.717) is 19.6 Å². The summed E-state index contributed by atoms with van der Waals surface area (Å²) in [6.45, 7) is 1.43. The summed E-state index contributed by atoms with van der Waals surface area (Å²) in [5.74, 6) is -0.156. The van der Waals surface area contributed by atoms with Gasteiger partial charge in [-0.25, -0.2) is 0 Å². The van der Waals surface area contributed by atoms with Gasteiger partial charge in [-0.2, -0.15) is 21.6 Å². The van der Waals surface area contributed by atoms with Gasteiger partial charge in [-0.15, -0.1) is 0 Å². The first-order valence-corrected chi connectivity index (χ1v) is 7.65. The number of hydrogen-bond acceptors (Lipinski definition) is 4.